The third kappa shape index (κ3) is 3.75. The second kappa shape index (κ2) is 6.62. The predicted molar refractivity (Wildman–Crippen MR) is 72.6 cm³/mol. The van der Waals surface area contributed by atoms with Crippen molar-refractivity contribution in [2.45, 2.75) is 5.03 Å². The number of anilines is 1. The van der Waals surface area contributed by atoms with Gasteiger partial charge in [0.2, 0.25) is 11.9 Å². The van der Waals surface area contributed by atoms with Crippen molar-refractivity contribution < 1.29 is 14.7 Å². The Hall–Kier alpha value is -2.48. The molecule has 0 unspecified atom stereocenters. The van der Waals surface area contributed by atoms with Crippen molar-refractivity contribution >= 4 is 29.6 Å². The first kappa shape index (κ1) is 13.9. The second-order valence-electron chi connectivity index (χ2n) is 3.57. The Morgan fingerprint density at radius 3 is 2.55 bits per heavy atom. The third-order valence-electron chi connectivity index (χ3n) is 2.16. The molecule has 0 atom stereocenters. The quantitative estimate of drug-likeness (QED) is 0.799. The number of carbonyl (C=O) groups is 2. The molecule has 2 aromatic rings. The molecule has 0 bridgehead atoms. The summed E-state index contributed by atoms with van der Waals surface area (Å²) in [5, 5.41) is 11.8. The second-order valence-corrected chi connectivity index (χ2v) is 4.53. The van der Waals surface area contributed by atoms with Crippen LogP contribution in [0.15, 0.2) is 41.8 Å². The highest BCUT2D eigenvalue weighted by molar-refractivity contribution is 8.00. The maximum absolute atomic E-state index is 11.7. The van der Waals surface area contributed by atoms with E-state index in [4.69, 9.17) is 5.11 Å². The number of carbonyl (C=O) groups excluding carboxylic acids is 1. The highest BCUT2D eigenvalue weighted by atomic mass is 32.2. The van der Waals surface area contributed by atoms with Crippen LogP contribution in [0.1, 0.15) is 10.4 Å². The van der Waals surface area contributed by atoms with Gasteiger partial charge in [0.05, 0.1) is 11.3 Å². The molecule has 0 saturated heterocycles. The molecule has 1 amide bonds. The third-order valence-corrected chi connectivity index (χ3v) is 3.16. The number of aromatic carboxylic acids is 1. The van der Waals surface area contributed by atoms with Crippen LogP contribution in [-0.2, 0) is 4.79 Å². The monoisotopic (exact) mass is 290 g/mol. The number of hydrogen-bond acceptors (Lipinski definition) is 6. The van der Waals surface area contributed by atoms with Crippen LogP contribution >= 0.6 is 11.8 Å². The molecule has 7 nitrogen and oxygen atoms in total. The molecular weight excluding hydrogens is 280 g/mol. The summed E-state index contributed by atoms with van der Waals surface area (Å²) in [5.74, 6) is -1.18. The van der Waals surface area contributed by atoms with Crippen molar-refractivity contribution in [2.24, 2.45) is 0 Å². The molecule has 102 valence electrons. The molecule has 0 radical (unpaired) electrons. The van der Waals surface area contributed by atoms with E-state index in [0.29, 0.717) is 5.03 Å². The molecule has 2 aromatic heterocycles. The molecule has 2 heterocycles. The van der Waals surface area contributed by atoms with E-state index >= 15 is 0 Å². The van der Waals surface area contributed by atoms with Crippen molar-refractivity contribution in [3.63, 3.8) is 0 Å². The van der Waals surface area contributed by atoms with Crippen molar-refractivity contribution in [3.05, 3.63) is 42.4 Å². The van der Waals surface area contributed by atoms with Gasteiger partial charge in [-0.25, -0.2) is 19.7 Å². The summed E-state index contributed by atoms with van der Waals surface area (Å²) in [7, 11) is 0. The number of aromatic nitrogens is 3. The van der Waals surface area contributed by atoms with Crippen molar-refractivity contribution in [1.82, 2.24) is 15.0 Å². The lowest BCUT2D eigenvalue weighted by Gasteiger charge is -2.04. The molecule has 20 heavy (non-hydrogen) atoms. The molecule has 2 rings (SSSR count). The van der Waals surface area contributed by atoms with Crippen LogP contribution in [0.5, 0.6) is 0 Å². The minimum absolute atomic E-state index is 0.0234. The van der Waals surface area contributed by atoms with Gasteiger partial charge in [0.25, 0.3) is 0 Å². The minimum atomic E-state index is -1.08. The van der Waals surface area contributed by atoms with Gasteiger partial charge in [-0.1, -0.05) is 11.8 Å². The van der Waals surface area contributed by atoms with E-state index in [9.17, 15) is 9.59 Å². The normalized spacial score (nSPS) is 10.0. The Bertz CT molecular complexity index is 621. The van der Waals surface area contributed by atoms with Gasteiger partial charge >= 0.3 is 5.97 Å². The Kier molecular flexibility index (Phi) is 4.61. The summed E-state index contributed by atoms with van der Waals surface area (Å²) in [4.78, 5) is 34.3. The molecule has 2 N–H and O–H groups in total. The number of nitrogens with one attached hydrogen (secondary N) is 1. The molecule has 0 spiro atoms. The van der Waals surface area contributed by atoms with Gasteiger partial charge in [0, 0.05) is 18.6 Å². The van der Waals surface area contributed by atoms with E-state index in [-0.39, 0.29) is 23.2 Å². The van der Waals surface area contributed by atoms with Crippen molar-refractivity contribution in [3.8, 4) is 0 Å². The van der Waals surface area contributed by atoms with Gasteiger partial charge in [0.15, 0.2) is 0 Å². The first-order valence-electron chi connectivity index (χ1n) is 5.55. The van der Waals surface area contributed by atoms with Gasteiger partial charge in [0.1, 0.15) is 5.03 Å². The standard InChI is InChI=1S/C12H10N4O3S/c17-9(16-12-14-5-2-6-15-12)7-20-10-8(11(18)19)3-1-4-13-10/h1-6H,7H2,(H,18,19)(H,14,15,16,17). The van der Waals surface area contributed by atoms with E-state index < -0.39 is 5.97 Å². The zero-order chi connectivity index (χ0) is 14.4. The van der Waals surface area contributed by atoms with Gasteiger partial charge in [-0.2, -0.15) is 0 Å². The summed E-state index contributed by atoms with van der Waals surface area (Å²) in [6.07, 6.45) is 4.50. The van der Waals surface area contributed by atoms with Gasteiger partial charge < -0.3 is 5.11 Å². The lowest BCUT2D eigenvalue weighted by molar-refractivity contribution is -0.113. The van der Waals surface area contributed by atoms with E-state index in [2.05, 4.69) is 20.3 Å². The summed E-state index contributed by atoms with van der Waals surface area (Å²) >= 11 is 1.04. The van der Waals surface area contributed by atoms with E-state index in [0.717, 1.165) is 11.8 Å². The largest absolute Gasteiger partial charge is 0.478 e. The molecule has 8 heteroatoms. The highest BCUT2D eigenvalue weighted by Crippen LogP contribution is 2.19. The van der Waals surface area contributed by atoms with Crippen LogP contribution in [-0.4, -0.2) is 37.7 Å². The number of hydrogen-bond donors (Lipinski definition) is 2. The van der Waals surface area contributed by atoms with Crippen molar-refractivity contribution in [1.29, 1.82) is 0 Å². The Labute approximate surface area is 118 Å². The number of pyridine rings is 1. The fourth-order valence-corrected chi connectivity index (χ4v) is 2.11. The van der Waals surface area contributed by atoms with Crippen molar-refractivity contribution in [2.75, 3.05) is 11.1 Å². The van der Waals surface area contributed by atoms with Crippen LogP contribution in [0.25, 0.3) is 0 Å². The fraction of sp³-hybridized carbons (Fsp3) is 0.0833. The number of amides is 1. The maximum Gasteiger partial charge on any atom is 0.338 e. The van der Waals surface area contributed by atoms with E-state index in [1.165, 1.54) is 30.7 Å². The van der Waals surface area contributed by atoms with Crippen LogP contribution in [0.2, 0.25) is 0 Å². The smallest absolute Gasteiger partial charge is 0.338 e. The van der Waals surface area contributed by atoms with Crippen LogP contribution < -0.4 is 5.32 Å². The molecule has 0 aromatic carbocycles. The Morgan fingerprint density at radius 2 is 1.85 bits per heavy atom. The van der Waals surface area contributed by atoms with Crippen LogP contribution in [0.4, 0.5) is 5.95 Å². The van der Waals surface area contributed by atoms with E-state index in [1.54, 1.807) is 6.07 Å². The first-order chi connectivity index (χ1) is 9.66. The topological polar surface area (TPSA) is 105 Å². The zero-order valence-corrected chi connectivity index (χ0v) is 11.0. The van der Waals surface area contributed by atoms with Gasteiger partial charge in [-0.15, -0.1) is 0 Å². The number of nitrogens with zero attached hydrogens (tertiary/aromatic N) is 3. The molecule has 0 saturated carbocycles. The Balaban J connectivity index is 1.96. The molecule has 0 aliphatic rings. The molecular formula is C12H10N4O3S. The predicted octanol–water partition coefficient (Wildman–Crippen LogP) is 1.30. The average molecular weight is 290 g/mol. The summed E-state index contributed by atoms with van der Waals surface area (Å²) < 4.78 is 0. The number of rotatable bonds is 5. The molecule has 0 aliphatic carbocycles. The average Bonchev–Trinajstić information content (AvgIpc) is 2.46. The van der Waals surface area contributed by atoms with Gasteiger partial charge in [-0.05, 0) is 18.2 Å². The summed E-state index contributed by atoms with van der Waals surface area (Å²) in [6, 6.07) is 4.61. The lowest BCUT2D eigenvalue weighted by Crippen LogP contribution is -2.16. The van der Waals surface area contributed by atoms with Gasteiger partial charge in [-0.3, -0.25) is 10.1 Å². The highest BCUT2D eigenvalue weighted by Gasteiger charge is 2.13. The minimum Gasteiger partial charge on any atom is -0.478 e. The Morgan fingerprint density at radius 1 is 1.15 bits per heavy atom. The van der Waals surface area contributed by atoms with Crippen LogP contribution in [0, 0.1) is 0 Å². The lowest BCUT2D eigenvalue weighted by atomic mass is 10.3. The van der Waals surface area contributed by atoms with Crippen LogP contribution in [0.3, 0.4) is 0 Å². The number of thioether (sulfide) groups is 1. The number of carboxylic acids is 1. The SMILES string of the molecule is O=C(CSc1ncccc1C(=O)O)Nc1ncccn1. The molecule has 0 aliphatic heterocycles. The maximum atomic E-state index is 11.7. The fourth-order valence-electron chi connectivity index (χ4n) is 1.33. The number of carboxylic acid groups (broad SMARTS) is 1. The summed E-state index contributed by atoms with van der Waals surface area (Å²) in [6.45, 7) is 0. The zero-order valence-electron chi connectivity index (χ0n) is 10.2. The molecule has 0 fully saturated rings. The van der Waals surface area contributed by atoms with E-state index in [1.807, 2.05) is 0 Å². The summed E-state index contributed by atoms with van der Waals surface area (Å²) in [5.41, 5.74) is 0.0706. The first-order valence-corrected chi connectivity index (χ1v) is 6.53.